The quantitative estimate of drug-likeness (QED) is 0.118. The van der Waals surface area contributed by atoms with Gasteiger partial charge in [0.1, 0.15) is 24.2 Å². The second-order valence-electron chi connectivity index (χ2n) is 21.4. The Bertz CT molecular complexity index is 2160. The minimum Gasteiger partial charge on any atom is -0.375 e. The van der Waals surface area contributed by atoms with Gasteiger partial charge < -0.3 is 51.2 Å². The summed E-state index contributed by atoms with van der Waals surface area (Å²) in [5, 5.41) is 18.1. The minimum atomic E-state index is -0.728. The van der Waals surface area contributed by atoms with Crippen LogP contribution in [0.2, 0.25) is 0 Å². The molecule has 1 unspecified atom stereocenters. The molecule has 4 heterocycles. The molecule has 4 saturated heterocycles. The fourth-order valence-electron chi connectivity index (χ4n) is 11.5. The Morgan fingerprint density at radius 3 is 1.24 bits per heavy atom. The molecule has 6 N–H and O–H groups in total. The molecule has 6 amide bonds. The van der Waals surface area contributed by atoms with Crippen molar-refractivity contribution in [3.63, 3.8) is 0 Å². The largest absolute Gasteiger partial charge is 0.375 e. The highest BCUT2D eigenvalue weighted by molar-refractivity contribution is 8.00. The van der Waals surface area contributed by atoms with Crippen LogP contribution in [-0.4, -0.2) is 143 Å². The molecule has 0 saturated carbocycles. The number of thioether (sulfide) groups is 2. The Kier molecular flexibility index (Phi) is 38.0. The lowest BCUT2D eigenvalue weighted by molar-refractivity contribution is -0.144. The van der Waals surface area contributed by atoms with E-state index < -0.39 is 59.2 Å². The summed E-state index contributed by atoms with van der Waals surface area (Å²) < 4.78 is 13.2. The Morgan fingerprint density at radius 1 is 0.562 bits per heavy atom. The third kappa shape index (κ3) is 18.4. The van der Waals surface area contributed by atoms with E-state index in [1.54, 1.807) is 61.3 Å². The molecule has 6 aliphatic rings. The van der Waals surface area contributed by atoms with Gasteiger partial charge in [0.2, 0.25) is 35.4 Å². The van der Waals surface area contributed by atoms with Crippen LogP contribution in [0.25, 0.3) is 0 Å². The van der Waals surface area contributed by atoms with Gasteiger partial charge in [-0.15, -0.1) is 23.5 Å². The first-order chi connectivity index (χ1) is 33.4. The number of likely N-dealkylation sites (N-methyl/N-ethyl adjacent to an activating group) is 2. The molecular weight excluding hydrogens is 1250 g/mol. The van der Waals surface area contributed by atoms with Gasteiger partial charge in [-0.1, -0.05) is 76.2 Å². The summed E-state index contributed by atoms with van der Waals surface area (Å²) in [5.74, 6) is 0.0180. The summed E-state index contributed by atoms with van der Waals surface area (Å²) in [7, 11) is 3.41. The molecule has 12 atom stereocenters. The van der Waals surface area contributed by atoms with Crippen LogP contribution in [0.4, 0.5) is 0 Å². The van der Waals surface area contributed by atoms with E-state index in [4.69, 9.17) is 9.47 Å². The van der Waals surface area contributed by atoms with E-state index in [1.165, 1.54) is 0 Å². The molecule has 0 bridgehead atoms. The highest BCUT2D eigenvalue weighted by atomic mass is 32.2. The van der Waals surface area contributed by atoms with Gasteiger partial charge in [0.25, 0.3) is 0 Å². The number of benzene rings is 2. The number of rotatable bonds is 17. The number of ether oxygens (including phenoxy) is 2. The zero-order valence-electron chi connectivity index (χ0n) is 47.0. The Labute approximate surface area is 553 Å². The molecule has 2 aromatic rings. The van der Waals surface area contributed by atoms with Crippen LogP contribution in [0.3, 0.4) is 0 Å². The van der Waals surface area contributed by atoms with E-state index in [0.717, 1.165) is 22.3 Å². The van der Waals surface area contributed by atoms with Gasteiger partial charge >= 0.3 is 0 Å². The first kappa shape index (κ1) is 83.5. The maximum atomic E-state index is 14.6. The van der Waals surface area contributed by atoms with Crippen LogP contribution in [0, 0.1) is 10.8 Å². The Balaban J connectivity index is -0.00000593. The summed E-state index contributed by atoms with van der Waals surface area (Å²) in [6, 6.07) is 11.6. The molecule has 4 fully saturated rings. The van der Waals surface area contributed by atoms with Crippen LogP contribution < -0.4 is 31.9 Å². The molecule has 0 radical (unpaired) electrons. The fourth-order valence-corrected chi connectivity index (χ4v) is 14.6. The third-order valence-corrected chi connectivity index (χ3v) is 18.0. The van der Waals surface area contributed by atoms with Crippen LogP contribution in [0.15, 0.2) is 48.5 Å². The summed E-state index contributed by atoms with van der Waals surface area (Å²) in [5.41, 5.74) is 3.23. The number of hydrogen-bond donors (Lipinski definition) is 6. The molecule has 2 aliphatic carbocycles. The smallest absolute Gasteiger partial charge is 0.246 e. The summed E-state index contributed by atoms with van der Waals surface area (Å²) in [6.07, 6.45) is 4.38. The monoisotopic (exact) mass is 1340 g/mol. The molecule has 80 heavy (non-hydrogen) atoms. The molecule has 16 nitrogen and oxygen atoms in total. The zero-order valence-corrected chi connectivity index (χ0v) is 58.6. The molecule has 0 spiro atoms. The topological polar surface area (TPSA) is 200 Å². The van der Waals surface area contributed by atoms with Gasteiger partial charge in [0.05, 0.1) is 47.1 Å². The number of amides is 6. The number of carbonyl (C=O) groups excluding carboxylic acids is 6. The lowest BCUT2D eigenvalue weighted by Gasteiger charge is -2.35. The standard InChI is InChI=1S/C52H74N8O8S2.10H2S/c1-29(53-7)45(61)55-35-19-23-69-39-27-51(3,4)43(59(39)49(35)65)47(63)57-41-33-17-11-9-15-31(33)25-37(41)67-21-13-14-22-68-38-26-32-16-10-12-18-34(32)42(38)58-48(64)44-52(5,6)28-40-60(44)50(66)36(20-24-70-40)56-46(62)30(2)54-8;;;;;;;;;;/h9-12,15-18,29-30,35-44,53-54H,13-14,19-28H2,1-8H3,(H,55,61)(H,56,62)(H,57,63)(H,58,64);10*1H2/t29-,30-,35-,36-,37+,38?,39-,40-,41-,42-,43+,44+;;;;;;;;;;/m0........../s1. The van der Waals surface area contributed by atoms with Crippen molar-refractivity contribution < 1.29 is 38.2 Å². The number of hydrogen-bond acceptors (Lipinski definition) is 12. The first-order valence-corrected chi connectivity index (χ1v) is 27.4. The van der Waals surface area contributed by atoms with Crippen LogP contribution in [0.1, 0.15) is 114 Å². The maximum Gasteiger partial charge on any atom is 0.246 e. The van der Waals surface area contributed by atoms with Crippen LogP contribution >= 0.6 is 158 Å². The van der Waals surface area contributed by atoms with Gasteiger partial charge in [-0.05, 0) is 111 Å². The van der Waals surface area contributed by atoms with Crippen molar-refractivity contribution in [2.45, 2.75) is 164 Å². The van der Waals surface area contributed by atoms with Gasteiger partial charge in [-0.3, -0.25) is 28.8 Å². The number of nitrogens with one attached hydrogen (secondary N) is 6. The van der Waals surface area contributed by atoms with Crippen molar-refractivity contribution >= 4 is 194 Å². The van der Waals surface area contributed by atoms with Crippen LogP contribution in [-0.2, 0) is 51.1 Å². The average molecular weight is 1340 g/mol. The average Bonchev–Trinajstić information content (AvgIpc) is 3.97. The predicted octanol–water partition coefficient (Wildman–Crippen LogP) is 4.86. The SMILES string of the molecule is CN[C@@H](C)C(=O)N[C@H]1CCS[C@H]2CC(C)(C)[C@@H](C(=O)N[C@H]3c4ccccc4CC3OCCCCO[C@@H]3Cc4ccccc4[C@@H]3NC(=O)[C@H]3N4C(=O)[C@@H](NC(=O)[C@H](C)NC)CCS[C@H]4CC3(C)C)N2C1=O.S.S.S.S.S.S.S.S.S.S. The molecule has 0 aromatic heterocycles. The molecule has 462 valence electrons. The second-order valence-corrected chi connectivity index (χ2v) is 23.9. The van der Waals surface area contributed by atoms with E-state index in [9.17, 15) is 28.8 Å². The van der Waals surface area contributed by atoms with Crippen molar-refractivity contribution in [2.24, 2.45) is 10.8 Å². The maximum absolute atomic E-state index is 14.6. The molecular formula is C52H94N8O8S12. The van der Waals surface area contributed by atoms with E-state index >= 15 is 0 Å². The second kappa shape index (κ2) is 36.4. The Morgan fingerprint density at radius 2 is 0.900 bits per heavy atom. The summed E-state index contributed by atoms with van der Waals surface area (Å²) >= 11 is 3.35. The molecule has 4 aliphatic heterocycles. The van der Waals surface area contributed by atoms with Gasteiger partial charge in [0.15, 0.2) is 0 Å². The Hall–Kier alpha value is -0.700. The third-order valence-electron chi connectivity index (χ3n) is 15.5. The van der Waals surface area contributed by atoms with Crippen molar-refractivity contribution in [1.82, 2.24) is 41.7 Å². The van der Waals surface area contributed by atoms with Gasteiger partial charge in [-0.2, -0.15) is 135 Å². The molecule has 8 rings (SSSR count). The molecule has 2 aromatic carbocycles. The van der Waals surface area contributed by atoms with E-state index in [1.807, 2.05) is 64.1 Å². The zero-order chi connectivity index (χ0) is 50.1. The van der Waals surface area contributed by atoms with E-state index in [-0.39, 0.29) is 193 Å². The molecule has 28 heteroatoms. The van der Waals surface area contributed by atoms with Crippen LogP contribution in [0.5, 0.6) is 0 Å². The number of unbranched alkanes of at least 4 members (excludes halogenated alkanes) is 1. The normalized spacial score (nSPS) is 26.7. The summed E-state index contributed by atoms with van der Waals surface area (Å²) in [4.78, 5) is 87.0. The lowest BCUT2D eigenvalue weighted by atomic mass is 9.83. The van der Waals surface area contributed by atoms with E-state index in [2.05, 4.69) is 44.0 Å². The highest BCUT2D eigenvalue weighted by Crippen LogP contribution is 2.48. The highest BCUT2D eigenvalue weighted by Gasteiger charge is 2.57. The van der Waals surface area contributed by atoms with Crippen molar-refractivity contribution in [3.8, 4) is 0 Å². The number of nitrogens with zero attached hydrogens (tertiary/aromatic N) is 2. The van der Waals surface area contributed by atoms with Gasteiger partial charge in [-0.25, -0.2) is 0 Å². The van der Waals surface area contributed by atoms with E-state index in [0.29, 0.717) is 76.1 Å². The summed E-state index contributed by atoms with van der Waals surface area (Å²) in [6.45, 7) is 12.6. The number of carbonyl (C=O) groups is 6. The van der Waals surface area contributed by atoms with Crippen molar-refractivity contribution in [3.05, 3.63) is 70.8 Å². The van der Waals surface area contributed by atoms with Crippen molar-refractivity contribution in [1.29, 1.82) is 0 Å². The predicted molar refractivity (Wildman–Crippen MR) is 375 cm³/mol. The lowest BCUT2D eigenvalue weighted by Crippen LogP contribution is -2.58. The fraction of sp³-hybridized carbons (Fsp3) is 0.654. The van der Waals surface area contributed by atoms with Gasteiger partial charge in [0, 0.05) is 26.1 Å². The minimum absolute atomic E-state index is 0. The first-order valence-electron chi connectivity index (χ1n) is 25.3. The number of fused-ring (bicyclic) bond motifs is 4. The van der Waals surface area contributed by atoms with Crippen molar-refractivity contribution in [2.75, 3.05) is 38.8 Å².